The highest BCUT2D eigenvalue weighted by Crippen LogP contribution is 2.35. The zero-order valence-corrected chi connectivity index (χ0v) is 21.3. The van der Waals surface area contributed by atoms with E-state index in [1.54, 1.807) is 12.1 Å². The molecule has 5 rings (SSSR count). The second-order valence-corrected chi connectivity index (χ2v) is 10.0. The molecule has 0 aliphatic rings. The predicted octanol–water partition coefficient (Wildman–Crippen LogP) is 6.89. The fourth-order valence-corrected chi connectivity index (χ4v) is 5.30. The van der Waals surface area contributed by atoms with E-state index < -0.39 is 28.5 Å². The molecule has 5 aromatic rings. The SMILES string of the molecule is O=c1[nH]c(SCc2nc3c(Cl)cc(Cl)cc3c(=O)n2-c2ccccc2C(F)(F)F)nc2ccc(Cl)cc12. The van der Waals surface area contributed by atoms with E-state index in [9.17, 15) is 22.8 Å². The number of alkyl halides is 3. The van der Waals surface area contributed by atoms with Crippen LogP contribution in [-0.4, -0.2) is 19.5 Å². The van der Waals surface area contributed by atoms with Crippen LogP contribution < -0.4 is 11.1 Å². The van der Waals surface area contributed by atoms with Gasteiger partial charge in [-0.25, -0.2) is 9.97 Å². The van der Waals surface area contributed by atoms with Crippen LogP contribution in [0.3, 0.4) is 0 Å². The lowest BCUT2D eigenvalue weighted by molar-refractivity contribution is -0.137. The average Bonchev–Trinajstić information content (AvgIpc) is 2.83. The Morgan fingerprint density at radius 1 is 0.919 bits per heavy atom. The zero-order chi connectivity index (χ0) is 26.5. The van der Waals surface area contributed by atoms with Gasteiger partial charge in [0.2, 0.25) is 0 Å². The van der Waals surface area contributed by atoms with Gasteiger partial charge < -0.3 is 4.98 Å². The molecule has 37 heavy (non-hydrogen) atoms. The smallest absolute Gasteiger partial charge is 0.301 e. The van der Waals surface area contributed by atoms with Crippen LogP contribution in [0.25, 0.3) is 27.5 Å². The summed E-state index contributed by atoms with van der Waals surface area (Å²) in [6.45, 7) is 0. The summed E-state index contributed by atoms with van der Waals surface area (Å²) < 4.78 is 42.5. The lowest BCUT2D eigenvalue weighted by Gasteiger charge is -2.18. The molecule has 0 atom stereocenters. The Bertz CT molecular complexity index is 1820. The summed E-state index contributed by atoms with van der Waals surface area (Å²) >= 11 is 19.3. The molecular weight excluding hydrogens is 572 g/mol. The molecule has 3 aromatic carbocycles. The molecule has 13 heteroatoms. The predicted molar refractivity (Wildman–Crippen MR) is 139 cm³/mol. The lowest BCUT2D eigenvalue weighted by atomic mass is 10.1. The van der Waals surface area contributed by atoms with Crippen LogP contribution in [0.5, 0.6) is 0 Å². The van der Waals surface area contributed by atoms with Gasteiger partial charge in [0.15, 0.2) is 5.16 Å². The monoisotopic (exact) mass is 582 g/mol. The third-order valence-corrected chi connectivity index (χ3v) is 7.01. The first-order chi connectivity index (χ1) is 17.5. The maximum absolute atomic E-state index is 13.9. The van der Waals surface area contributed by atoms with E-state index in [1.165, 1.54) is 36.4 Å². The van der Waals surface area contributed by atoms with Gasteiger partial charge in [0, 0.05) is 10.0 Å². The summed E-state index contributed by atoms with van der Waals surface area (Å²) in [5, 5.41) is 0.970. The normalized spacial score (nSPS) is 11.9. The number of hydrogen-bond donors (Lipinski definition) is 1. The number of thioether (sulfide) groups is 1. The van der Waals surface area contributed by atoms with Crippen LogP contribution in [0.2, 0.25) is 15.1 Å². The van der Waals surface area contributed by atoms with Crippen molar-refractivity contribution in [2.24, 2.45) is 0 Å². The minimum atomic E-state index is -4.74. The van der Waals surface area contributed by atoms with Crippen LogP contribution in [-0.2, 0) is 11.9 Å². The Balaban J connectivity index is 1.69. The van der Waals surface area contributed by atoms with Crippen LogP contribution in [0, 0.1) is 0 Å². The van der Waals surface area contributed by atoms with Gasteiger partial charge in [-0.05, 0) is 42.5 Å². The van der Waals surface area contributed by atoms with Gasteiger partial charge in [-0.15, -0.1) is 0 Å². The maximum Gasteiger partial charge on any atom is 0.418 e. The zero-order valence-electron chi connectivity index (χ0n) is 18.2. The maximum atomic E-state index is 13.9. The number of H-pyrrole nitrogens is 1. The quantitative estimate of drug-likeness (QED) is 0.184. The molecule has 0 radical (unpaired) electrons. The van der Waals surface area contributed by atoms with E-state index in [4.69, 9.17) is 34.8 Å². The highest BCUT2D eigenvalue weighted by Gasteiger charge is 2.34. The number of halogens is 6. The van der Waals surface area contributed by atoms with Gasteiger partial charge in [-0.3, -0.25) is 14.2 Å². The van der Waals surface area contributed by atoms with Gasteiger partial charge >= 0.3 is 6.18 Å². The first-order valence-electron chi connectivity index (χ1n) is 10.4. The first kappa shape index (κ1) is 25.6. The summed E-state index contributed by atoms with van der Waals surface area (Å²) in [4.78, 5) is 37.5. The van der Waals surface area contributed by atoms with E-state index in [0.29, 0.717) is 10.5 Å². The Labute approximate surface area is 225 Å². The number of hydrogen-bond acceptors (Lipinski definition) is 5. The van der Waals surface area contributed by atoms with Crippen molar-refractivity contribution >= 4 is 68.4 Å². The number of para-hydroxylation sites is 1. The van der Waals surface area contributed by atoms with Crippen molar-refractivity contribution < 1.29 is 13.2 Å². The lowest BCUT2D eigenvalue weighted by Crippen LogP contribution is -2.26. The molecule has 188 valence electrons. The minimum absolute atomic E-state index is 0.0396. The van der Waals surface area contributed by atoms with E-state index in [1.807, 2.05) is 0 Å². The molecule has 0 saturated heterocycles. The van der Waals surface area contributed by atoms with Crippen molar-refractivity contribution in [1.29, 1.82) is 0 Å². The van der Waals surface area contributed by atoms with E-state index in [-0.39, 0.29) is 43.1 Å². The summed E-state index contributed by atoms with van der Waals surface area (Å²) in [5.41, 5.74) is -2.20. The molecule has 0 unspecified atom stereocenters. The molecule has 1 N–H and O–H groups in total. The number of benzene rings is 3. The van der Waals surface area contributed by atoms with Gasteiger partial charge in [0.25, 0.3) is 11.1 Å². The fourth-order valence-electron chi connectivity index (χ4n) is 3.80. The van der Waals surface area contributed by atoms with Crippen molar-refractivity contribution in [3.63, 3.8) is 0 Å². The molecule has 0 aliphatic carbocycles. The fraction of sp³-hybridized carbons (Fsp3) is 0.0833. The Kier molecular flexibility index (Phi) is 6.70. The Morgan fingerprint density at radius 3 is 2.41 bits per heavy atom. The molecular formula is C24H12Cl3F3N4O2S. The molecule has 2 aromatic heterocycles. The average molecular weight is 584 g/mol. The summed E-state index contributed by atoms with van der Waals surface area (Å²) in [5.74, 6) is -0.166. The topological polar surface area (TPSA) is 80.6 Å². The molecule has 0 aliphatic heterocycles. The van der Waals surface area contributed by atoms with Crippen molar-refractivity contribution in [1.82, 2.24) is 19.5 Å². The second kappa shape index (κ2) is 9.68. The largest absolute Gasteiger partial charge is 0.418 e. The van der Waals surface area contributed by atoms with E-state index in [2.05, 4.69) is 15.0 Å². The van der Waals surface area contributed by atoms with Crippen LogP contribution in [0.1, 0.15) is 11.4 Å². The molecule has 0 spiro atoms. The third-order valence-electron chi connectivity index (χ3n) is 5.39. The number of rotatable bonds is 4. The number of aromatic nitrogens is 4. The van der Waals surface area contributed by atoms with E-state index >= 15 is 0 Å². The van der Waals surface area contributed by atoms with Crippen molar-refractivity contribution in [2.45, 2.75) is 17.1 Å². The minimum Gasteiger partial charge on any atom is -0.301 e. The Hall–Kier alpha value is -3.05. The Morgan fingerprint density at radius 2 is 1.65 bits per heavy atom. The van der Waals surface area contributed by atoms with Crippen LogP contribution >= 0.6 is 46.6 Å². The van der Waals surface area contributed by atoms with Gasteiger partial charge in [-0.2, -0.15) is 13.2 Å². The number of nitrogens with zero attached hydrogens (tertiary/aromatic N) is 3. The number of fused-ring (bicyclic) bond motifs is 2. The standard InChI is InChI=1S/C24H12Cl3F3N4O2S/c25-11-5-6-17-13(7-11)21(35)33-23(31-17)37-10-19-32-20-14(8-12(26)9-16(20)27)22(36)34(19)18-4-2-1-3-15(18)24(28,29)30/h1-9H,10H2,(H,31,33,35). The summed E-state index contributed by atoms with van der Waals surface area (Å²) in [6, 6.07) is 12.0. The summed E-state index contributed by atoms with van der Waals surface area (Å²) in [6.07, 6.45) is -4.74. The van der Waals surface area contributed by atoms with Crippen molar-refractivity contribution in [2.75, 3.05) is 0 Å². The van der Waals surface area contributed by atoms with E-state index in [0.717, 1.165) is 22.4 Å². The molecule has 2 heterocycles. The molecule has 6 nitrogen and oxygen atoms in total. The third kappa shape index (κ3) is 4.94. The highest BCUT2D eigenvalue weighted by atomic mass is 35.5. The number of nitrogens with one attached hydrogen (secondary N) is 1. The summed E-state index contributed by atoms with van der Waals surface area (Å²) in [7, 11) is 0. The van der Waals surface area contributed by atoms with Crippen LogP contribution in [0.4, 0.5) is 13.2 Å². The first-order valence-corrected chi connectivity index (χ1v) is 12.5. The molecule has 0 amide bonds. The van der Waals surface area contributed by atoms with Gasteiger partial charge in [0.1, 0.15) is 5.82 Å². The van der Waals surface area contributed by atoms with Crippen molar-refractivity contribution in [3.8, 4) is 5.69 Å². The molecule has 0 fully saturated rings. The van der Waals surface area contributed by atoms with Gasteiger partial charge in [0.05, 0.1) is 43.8 Å². The van der Waals surface area contributed by atoms with Crippen LogP contribution in [0.15, 0.2) is 69.3 Å². The second-order valence-electron chi connectivity index (χ2n) is 7.79. The molecule has 0 saturated carbocycles. The number of aromatic amines is 1. The van der Waals surface area contributed by atoms with Gasteiger partial charge in [-0.1, -0.05) is 58.7 Å². The molecule has 0 bridgehead atoms. The highest BCUT2D eigenvalue weighted by molar-refractivity contribution is 7.98. The van der Waals surface area contributed by atoms with Crippen molar-refractivity contribution in [3.05, 3.63) is 102 Å².